The van der Waals surface area contributed by atoms with E-state index in [1.807, 2.05) is 34.6 Å². The smallest absolute Gasteiger partial charge is 0.410 e. The number of rotatable bonds is 1. The minimum atomic E-state index is -0.597. The van der Waals surface area contributed by atoms with Crippen LogP contribution in [0.5, 0.6) is 0 Å². The van der Waals surface area contributed by atoms with Crippen molar-refractivity contribution in [2.24, 2.45) is 23.7 Å². The Morgan fingerprint density at radius 3 is 2.42 bits per heavy atom. The van der Waals surface area contributed by atoms with E-state index in [1.165, 1.54) is 6.42 Å². The van der Waals surface area contributed by atoms with Crippen LogP contribution in [0.4, 0.5) is 4.79 Å². The van der Waals surface area contributed by atoms with Gasteiger partial charge in [0.25, 0.3) is 0 Å². The largest absolute Gasteiger partial charge is 0.462 e. The molecule has 0 unspecified atom stereocenters. The number of nitrogens with zero attached hydrogens (tertiary/aromatic N) is 1. The first-order valence-corrected chi connectivity index (χ1v) is 12.0. The zero-order valence-corrected chi connectivity index (χ0v) is 19.6. The van der Waals surface area contributed by atoms with Crippen LogP contribution in [0.1, 0.15) is 79.6 Å². The molecule has 4 aliphatic rings. The summed E-state index contributed by atoms with van der Waals surface area (Å²) in [7, 11) is 0. The molecule has 7 atom stereocenters. The van der Waals surface area contributed by atoms with Crippen LogP contribution in [0.25, 0.3) is 0 Å². The Balaban J connectivity index is 1.63. The Kier molecular flexibility index (Phi) is 5.95. The second-order valence-corrected chi connectivity index (χ2v) is 11.0. The van der Waals surface area contributed by atoms with Crippen molar-refractivity contribution in [1.82, 2.24) is 4.90 Å². The molecule has 2 heterocycles. The van der Waals surface area contributed by atoms with Gasteiger partial charge < -0.3 is 14.4 Å². The Labute approximate surface area is 185 Å². The average Bonchev–Trinajstić information content (AvgIpc) is 2.66. The lowest BCUT2D eigenvalue weighted by atomic mass is 9.64. The van der Waals surface area contributed by atoms with Gasteiger partial charge in [-0.2, -0.15) is 0 Å². The molecule has 0 spiro atoms. The maximum atomic E-state index is 13.2. The molecule has 2 aliphatic heterocycles. The van der Waals surface area contributed by atoms with E-state index >= 15 is 0 Å². The highest BCUT2D eigenvalue weighted by atomic mass is 16.6. The van der Waals surface area contributed by atoms with Crippen molar-refractivity contribution < 1.29 is 23.9 Å². The number of hydrogen-bond donors (Lipinski definition) is 0. The molecule has 0 radical (unpaired) electrons. The third kappa shape index (κ3) is 4.27. The van der Waals surface area contributed by atoms with Gasteiger partial charge in [-0.1, -0.05) is 18.4 Å². The number of amides is 1. The van der Waals surface area contributed by atoms with E-state index in [0.29, 0.717) is 12.3 Å². The minimum Gasteiger partial charge on any atom is -0.462 e. The highest BCUT2D eigenvalue weighted by Crippen LogP contribution is 2.48. The fraction of sp³-hybridized carbons (Fsp3) is 0.800. The number of esters is 1. The highest BCUT2D eigenvalue weighted by molar-refractivity contribution is 5.96. The molecule has 6 nitrogen and oxygen atoms in total. The highest BCUT2D eigenvalue weighted by Gasteiger charge is 2.51. The number of hydrogen-bond acceptors (Lipinski definition) is 5. The first-order chi connectivity index (χ1) is 14.6. The van der Waals surface area contributed by atoms with Crippen molar-refractivity contribution in [1.29, 1.82) is 0 Å². The molecule has 0 aromatic heterocycles. The van der Waals surface area contributed by atoms with Gasteiger partial charge in [0.2, 0.25) is 0 Å². The normalized spacial score (nSPS) is 38.5. The quantitative estimate of drug-likeness (QED) is 0.565. The van der Waals surface area contributed by atoms with E-state index in [2.05, 4.69) is 0 Å². The molecule has 0 aromatic carbocycles. The van der Waals surface area contributed by atoms with Crippen LogP contribution in [0.3, 0.4) is 0 Å². The molecule has 1 saturated carbocycles. The van der Waals surface area contributed by atoms with Crippen LogP contribution in [0.2, 0.25) is 0 Å². The van der Waals surface area contributed by atoms with Crippen LogP contribution in [0.15, 0.2) is 11.6 Å². The summed E-state index contributed by atoms with van der Waals surface area (Å²) in [6, 6.07) is -0.246. The predicted molar refractivity (Wildman–Crippen MR) is 116 cm³/mol. The second kappa shape index (κ2) is 8.25. The molecule has 3 fully saturated rings. The van der Waals surface area contributed by atoms with Gasteiger partial charge in [0.05, 0.1) is 5.92 Å². The van der Waals surface area contributed by atoms with Gasteiger partial charge in [-0.15, -0.1) is 0 Å². The molecule has 31 heavy (non-hydrogen) atoms. The lowest BCUT2D eigenvalue weighted by molar-refractivity contribution is -0.171. The van der Waals surface area contributed by atoms with E-state index in [-0.39, 0.29) is 53.8 Å². The number of cyclic esters (lactones) is 1. The standard InChI is InChI=1S/C25H37NO5/c1-14-10-11-19-20(26(14)24(29)31-25(3,4)5)12-16(13-21(19)27)22-18-9-7-6-8-17(18)15(2)30-23(22)28/h13-15,17-20,22H,6-12H2,1-5H3/t14-,15+,17-,18+,19+,20+,22-/m0/s1. The summed E-state index contributed by atoms with van der Waals surface area (Å²) in [5.41, 5.74) is 0.266. The lowest BCUT2D eigenvalue weighted by Crippen LogP contribution is -2.57. The van der Waals surface area contributed by atoms with Gasteiger partial charge >= 0.3 is 12.1 Å². The van der Waals surface area contributed by atoms with E-state index < -0.39 is 5.60 Å². The number of likely N-dealkylation sites (tertiary alicyclic amines) is 1. The summed E-state index contributed by atoms with van der Waals surface area (Å²) in [4.78, 5) is 41.0. The minimum absolute atomic E-state index is 0.00371. The Hall–Kier alpha value is -1.85. The van der Waals surface area contributed by atoms with Crippen molar-refractivity contribution in [2.45, 2.75) is 103 Å². The zero-order valence-electron chi connectivity index (χ0n) is 19.6. The van der Waals surface area contributed by atoms with Gasteiger partial charge in [-0.05, 0) is 84.6 Å². The van der Waals surface area contributed by atoms with E-state index in [0.717, 1.165) is 37.7 Å². The third-order valence-corrected chi connectivity index (χ3v) is 7.80. The first kappa shape index (κ1) is 22.3. The Morgan fingerprint density at radius 2 is 1.74 bits per heavy atom. The molecule has 0 bridgehead atoms. The van der Waals surface area contributed by atoms with Crippen molar-refractivity contribution in [3.63, 3.8) is 0 Å². The molecule has 2 saturated heterocycles. The number of carbonyl (C=O) groups excluding carboxylic acids is 3. The second-order valence-electron chi connectivity index (χ2n) is 11.0. The summed E-state index contributed by atoms with van der Waals surface area (Å²) < 4.78 is 11.5. The molecule has 2 aliphatic carbocycles. The summed E-state index contributed by atoms with van der Waals surface area (Å²) in [5, 5.41) is 0. The van der Waals surface area contributed by atoms with Crippen LogP contribution >= 0.6 is 0 Å². The number of ketones is 1. The fourth-order valence-corrected chi connectivity index (χ4v) is 6.41. The number of ether oxygens (including phenoxy) is 2. The summed E-state index contributed by atoms with van der Waals surface area (Å²) in [6.45, 7) is 9.60. The Morgan fingerprint density at radius 1 is 1.06 bits per heavy atom. The monoisotopic (exact) mass is 431 g/mol. The zero-order chi connectivity index (χ0) is 22.5. The molecule has 1 amide bonds. The molecular formula is C25H37NO5. The van der Waals surface area contributed by atoms with E-state index in [1.54, 1.807) is 11.0 Å². The van der Waals surface area contributed by atoms with Gasteiger partial charge in [0.15, 0.2) is 5.78 Å². The van der Waals surface area contributed by atoms with Crippen LogP contribution in [-0.2, 0) is 19.1 Å². The first-order valence-electron chi connectivity index (χ1n) is 12.0. The van der Waals surface area contributed by atoms with Crippen LogP contribution < -0.4 is 0 Å². The predicted octanol–water partition coefficient (Wildman–Crippen LogP) is 4.66. The van der Waals surface area contributed by atoms with Gasteiger partial charge in [-0.25, -0.2) is 4.79 Å². The topological polar surface area (TPSA) is 72.9 Å². The maximum Gasteiger partial charge on any atom is 0.410 e. The molecule has 4 rings (SSSR count). The molecular weight excluding hydrogens is 394 g/mol. The molecule has 172 valence electrons. The third-order valence-electron chi connectivity index (χ3n) is 7.80. The number of allylic oxidation sites excluding steroid dienone is 1. The van der Waals surface area contributed by atoms with Gasteiger partial charge in [-0.3, -0.25) is 9.59 Å². The number of fused-ring (bicyclic) bond motifs is 2. The van der Waals surface area contributed by atoms with Gasteiger partial charge in [0.1, 0.15) is 11.7 Å². The van der Waals surface area contributed by atoms with E-state index in [4.69, 9.17) is 9.47 Å². The molecule has 6 heteroatoms. The SMILES string of the molecule is C[C@H]1OC(=O)[C@@H](C2=CC(=O)[C@@H]3CC[C@H](C)N(C(=O)OC(C)(C)C)[C@@H]3C2)[C@@H]2CCCC[C@H]21. The van der Waals surface area contributed by atoms with E-state index in [9.17, 15) is 14.4 Å². The maximum absolute atomic E-state index is 13.2. The van der Waals surface area contributed by atoms with Crippen molar-refractivity contribution >= 4 is 17.8 Å². The summed E-state index contributed by atoms with van der Waals surface area (Å²) in [6.07, 6.45) is 7.76. The van der Waals surface area contributed by atoms with Crippen molar-refractivity contribution in [3.05, 3.63) is 11.6 Å². The lowest BCUT2D eigenvalue weighted by Gasteiger charge is -2.49. The molecule has 0 aromatic rings. The molecule has 0 N–H and O–H groups in total. The van der Waals surface area contributed by atoms with Crippen molar-refractivity contribution in [3.8, 4) is 0 Å². The number of piperidine rings is 1. The number of carbonyl (C=O) groups is 3. The summed E-state index contributed by atoms with van der Waals surface area (Å²) in [5.74, 6) is -0.127. The Bertz CT molecular complexity index is 781. The van der Waals surface area contributed by atoms with Crippen molar-refractivity contribution in [2.75, 3.05) is 0 Å². The fourth-order valence-electron chi connectivity index (χ4n) is 6.41. The average molecular weight is 432 g/mol. The van der Waals surface area contributed by atoms with Crippen LogP contribution in [-0.4, -0.2) is 46.5 Å². The van der Waals surface area contributed by atoms with Gasteiger partial charge in [0, 0.05) is 18.0 Å². The summed E-state index contributed by atoms with van der Waals surface area (Å²) >= 11 is 0. The van der Waals surface area contributed by atoms with Crippen LogP contribution in [0, 0.1) is 23.7 Å².